The zero-order valence-electron chi connectivity index (χ0n) is 12.0. The van der Waals surface area contributed by atoms with Crippen molar-refractivity contribution in [2.45, 2.75) is 45.8 Å². The average Bonchev–Trinajstić information content (AvgIpc) is 2.36. The van der Waals surface area contributed by atoms with Gasteiger partial charge in [0, 0.05) is 0 Å². The fraction of sp³-hybridized carbons (Fsp3) is 0.600. The molecule has 19 heavy (non-hydrogen) atoms. The van der Waals surface area contributed by atoms with Crippen LogP contribution >= 0.6 is 12.4 Å². The summed E-state index contributed by atoms with van der Waals surface area (Å²) in [6, 6.07) is 7.32. The number of rotatable bonds is 7. The molecule has 0 aliphatic rings. The van der Waals surface area contributed by atoms with Crippen LogP contribution in [0.2, 0.25) is 0 Å². The van der Waals surface area contributed by atoms with E-state index in [4.69, 9.17) is 10.5 Å². The van der Waals surface area contributed by atoms with E-state index in [2.05, 4.69) is 13.8 Å². The molecular weight excluding hydrogens is 262 g/mol. The smallest absolute Gasteiger partial charge is 0.119 e. The molecule has 1 aromatic carbocycles. The molecule has 0 unspecified atom stereocenters. The highest BCUT2D eigenvalue weighted by atomic mass is 35.5. The second-order valence-electron chi connectivity index (χ2n) is 5.07. The molecule has 0 spiro atoms. The number of aliphatic hydroxyl groups is 1. The van der Waals surface area contributed by atoms with Crippen LogP contribution in [0.1, 0.15) is 45.2 Å². The lowest BCUT2D eigenvalue weighted by molar-refractivity contribution is 0.128. The van der Waals surface area contributed by atoms with Gasteiger partial charge in [-0.3, -0.25) is 0 Å². The number of hydrogen-bond donors (Lipinski definition) is 2. The first-order valence-corrected chi connectivity index (χ1v) is 6.71. The molecule has 0 aromatic heterocycles. The molecule has 0 amide bonds. The van der Waals surface area contributed by atoms with Gasteiger partial charge in [0.2, 0.25) is 0 Å². The zero-order chi connectivity index (χ0) is 13.5. The van der Waals surface area contributed by atoms with Crippen molar-refractivity contribution in [2.75, 3.05) is 6.61 Å². The van der Waals surface area contributed by atoms with Crippen molar-refractivity contribution in [1.82, 2.24) is 0 Å². The lowest BCUT2D eigenvalue weighted by atomic mass is 9.96. The summed E-state index contributed by atoms with van der Waals surface area (Å²) in [5.74, 6) is 1.43. The minimum Gasteiger partial charge on any atom is -0.494 e. The van der Waals surface area contributed by atoms with Crippen molar-refractivity contribution >= 4 is 12.4 Å². The summed E-state index contributed by atoms with van der Waals surface area (Å²) in [5, 5.41) is 10.0. The SMILES string of the molecule is CCOc1ccc([C@@H](N)[C@@H](O)CCC(C)C)cc1.Cl. The minimum atomic E-state index is -0.481. The first-order chi connectivity index (χ1) is 8.54. The molecule has 0 saturated carbocycles. The number of nitrogens with two attached hydrogens (primary N) is 1. The predicted molar refractivity (Wildman–Crippen MR) is 81.9 cm³/mol. The van der Waals surface area contributed by atoms with Crippen LogP contribution in [0.4, 0.5) is 0 Å². The summed E-state index contributed by atoms with van der Waals surface area (Å²) in [6.07, 6.45) is 1.25. The molecule has 3 nitrogen and oxygen atoms in total. The van der Waals surface area contributed by atoms with Crippen molar-refractivity contribution < 1.29 is 9.84 Å². The van der Waals surface area contributed by atoms with Crippen molar-refractivity contribution in [3.8, 4) is 5.75 Å². The molecule has 0 aliphatic carbocycles. The van der Waals surface area contributed by atoms with Crippen LogP contribution in [0.5, 0.6) is 5.75 Å². The van der Waals surface area contributed by atoms with Gasteiger partial charge in [-0.25, -0.2) is 0 Å². The molecule has 0 fully saturated rings. The van der Waals surface area contributed by atoms with E-state index in [-0.39, 0.29) is 18.4 Å². The first-order valence-electron chi connectivity index (χ1n) is 6.71. The van der Waals surface area contributed by atoms with Crippen LogP contribution in [0, 0.1) is 5.92 Å². The molecule has 0 saturated heterocycles. The summed E-state index contributed by atoms with van der Waals surface area (Å²) >= 11 is 0. The lowest BCUT2D eigenvalue weighted by Crippen LogP contribution is -2.26. The minimum absolute atomic E-state index is 0. The Labute approximate surface area is 122 Å². The van der Waals surface area contributed by atoms with E-state index >= 15 is 0 Å². The molecular formula is C15H26ClNO2. The Kier molecular flexibility index (Phi) is 8.81. The molecule has 0 heterocycles. The molecule has 1 rings (SSSR count). The molecule has 110 valence electrons. The third-order valence-electron chi connectivity index (χ3n) is 3.03. The third kappa shape index (κ3) is 6.28. The number of hydrogen-bond acceptors (Lipinski definition) is 3. The summed E-state index contributed by atoms with van der Waals surface area (Å²) in [5.41, 5.74) is 7.01. The maximum Gasteiger partial charge on any atom is 0.119 e. The Hall–Kier alpha value is -0.770. The second kappa shape index (κ2) is 9.18. The van der Waals surface area contributed by atoms with Crippen LogP contribution < -0.4 is 10.5 Å². The Morgan fingerprint density at radius 2 is 1.74 bits per heavy atom. The summed E-state index contributed by atoms with van der Waals surface area (Å²) in [4.78, 5) is 0. The summed E-state index contributed by atoms with van der Waals surface area (Å²) < 4.78 is 5.38. The summed E-state index contributed by atoms with van der Waals surface area (Å²) in [7, 11) is 0. The maximum atomic E-state index is 10.0. The fourth-order valence-corrected chi connectivity index (χ4v) is 1.86. The normalized spacial score (nSPS) is 13.8. The summed E-state index contributed by atoms with van der Waals surface area (Å²) in [6.45, 7) is 6.90. The first kappa shape index (κ1) is 18.2. The Morgan fingerprint density at radius 1 is 1.16 bits per heavy atom. The van der Waals surface area contributed by atoms with Gasteiger partial charge in [0.25, 0.3) is 0 Å². The number of ether oxygens (including phenoxy) is 1. The third-order valence-corrected chi connectivity index (χ3v) is 3.03. The molecule has 0 aliphatic heterocycles. The van der Waals surface area contributed by atoms with Gasteiger partial charge in [-0.2, -0.15) is 0 Å². The molecule has 0 radical (unpaired) electrons. The van der Waals surface area contributed by atoms with Gasteiger partial charge in [-0.1, -0.05) is 26.0 Å². The van der Waals surface area contributed by atoms with E-state index in [1.54, 1.807) is 0 Å². The fourth-order valence-electron chi connectivity index (χ4n) is 1.86. The zero-order valence-corrected chi connectivity index (χ0v) is 12.8. The average molecular weight is 288 g/mol. The van der Waals surface area contributed by atoms with Crippen molar-refractivity contribution in [3.05, 3.63) is 29.8 Å². The van der Waals surface area contributed by atoms with Crippen molar-refractivity contribution in [2.24, 2.45) is 11.7 Å². The standard InChI is InChI=1S/C15H25NO2.ClH/c1-4-18-13-8-6-12(7-9-13)15(16)14(17)10-5-11(2)3;/h6-9,11,14-15,17H,4-5,10,16H2,1-3H3;1H/t14-,15+;/m0./s1. The van der Waals surface area contributed by atoms with Gasteiger partial charge in [-0.05, 0) is 43.4 Å². The number of aliphatic hydroxyl groups excluding tert-OH is 1. The molecule has 2 atom stereocenters. The largest absolute Gasteiger partial charge is 0.494 e. The number of benzene rings is 1. The second-order valence-corrected chi connectivity index (χ2v) is 5.07. The van der Waals surface area contributed by atoms with Crippen LogP contribution in [-0.4, -0.2) is 17.8 Å². The van der Waals surface area contributed by atoms with Crippen LogP contribution in [0.3, 0.4) is 0 Å². The maximum absolute atomic E-state index is 10.0. The van der Waals surface area contributed by atoms with Gasteiger partial charge in [0.1, 0.15) is 5.75 Å². The lowest BCUT2D eigenvalue weighted by Gasteiger charge is -2.20. The molecule has 1 aromatic rings. The van der Waals surface area contributed by atoms with Gasteiger partial charge >= 0.3 is 0 Å². The molecule has 4 heteroatoms. The van der Waals surface area contributed by atoms with Crippen molar-refractivity contribution in [1.29, 1.82) is 0 Å². The quantitative estimate of drug-likeness (QED) is 0.809. The molecule has 3 N–H and O–H groups in total. The van der Waals surface area contributed by atoms with Crippen LogP contribution in [0.15, 0.2) is 24.3 Å². The highest BCUT2D eigenvalue weighted by molar-refractivity contribution is 5.85. The molecule has 0 bridgehead atoms. The van der Waals surface area contributed by atoms with E-state index in [0.29, 0.717) is 12.5 Å². The van der Waals surface area contributed by atoms with E-state index in [1.165, 1.54) is 0 Å². The van der Waals surface area contributed by atoms with E-state index < -0.39 is 6.10 Å². The van der Waals surface area contributed by atoms with Gasteiger partial charge in [0.05, 0.1) is 18.8 Å². The van der Waals surface area contributed by atoms with Crippen molar-refractivity contribution in [3.63, 3.8) is 0 Å². The van der Waals surface area contributed by atoms with E-state index in [0.717, 1.165) is 24.2 Å². The van der Waals surface area contributed by atoms with E-state index in [9.17, 15) is 5.11 Å². The highest BCUT2D eigenvalue weighted by Crippen LogP contribution is 2.21. The predicted octanol–water partition coefficient (Wildman–Crippen LogP) is 3.30. The van der Waals surface area contributed by atoms with Gasteiger partial charge in [-0.15, -0.1) is 12.4 Å². The topological polar surface area (TPSA) is 55.5 Å². The van der Waals surface area contributed by atoms with Gasteiger partial charge in [0.15, 0.2) is 0 Å². The van der Waals surface area contributed by atoms with Crippen LogP contribution in [-0.2, 0) is 0 Å². The van der Waals surface area contributed by atoms with Gasteiger partial charge < -0.3 is 15.6 Å². The van der Waals surface area contributed by atoms with E-state index in [1.807, 2.05) is 31.2 Å². The van der Waals surface area contributed by atoms with Crippen LogP contribution in [0.25, 0.3) is 0 Å². The Bertz CT molecular complexity index is 341. The Balaban J connectivity index is 0.00000324. The monoisotopic (exact) mass is 287 g/mol. The number of halogens is 1. The highest BCUT2D eigenvalue weighted by Gasteiger charge is 2.16. The Morgan fingerprint density at radius 3 is 2.21 bits per heavy atom.